The number of fused-ring (bicyclic) bond motifs is 3. The Morgan fingerprint density at radius 3 is 2.85 bits per heavy atom. The number of rotatable bonds is 4. The molecule has 0 saturated carbocycles. The molecule has 0 atom stereocenters. The highest BCUT2D eigenvalue weighted by Gasteiger charge is 2.30. The van der Waals surface area contributed by atoms with Crippen LogP contribution >= 0.6 is 22.7 Å². The number of aromatic nitrogens is 2. The number of aliphatic hydroxyl groups is 1. The Labute approximate surface area is 166 Å². The van der Waals surface area contributed by atoms with Crippen LogP contribution in [0, 0.1) is 0 Å². The number of nitrogens with zero attached hydrogens (tertiary/aromatic N) is 2. The molecule has 1 aliphatic carbocycles. The summed E-state index contributed by atoms with van der Waals surface area (Å²) in [5.41, 5.74) is 1.74. The molecule has 0 amide bonds. The fourth-order valence-electron chi connectivity index (χ4n) is 3.98. The van der Waals surface area contributed by atoms with E-state index in [1.54, 1.807) is 11.3 Å². The summed E-state index contributed by atoms with van der Waals surface area (Å²) >= 11 is 3.47. The van der Waals surface area contributed by atoms with Crippen LogP contribution < -0.4 is 5.32 Å². The maximum absolute atomic E-state index is 10.9. The minimum Gasteiger partial charge on any atom is -0.388 e. The summed E-state index contributed by atoms with van der Waals surface area (Å²) in [6.45, 7) is 1.73. The molecule has 1 fully saturated rings. The lowest BCUT2D eigenvalue weighted by molar-refractivity contribution is -0.0543. The van der Waals surface area contributed by atoms with Crippen LogP contribution in [0.5, 0.6) is 0 Å². The minimum atomic E-state index is -0.728. The summed E-state index contributed by atoms with van der Waals surface area (Å²) in [7, 11) is 0. The van der Waals surface area contributed by atoms with Gasteiger partial charge < -0.3 is 15.2 Å². The van der Waals surface area contributed by atoms with Crippen molar-refractivity contribution in [1.82, 2.24) is 9.97 Å². The van der Waals surface area contributed by atoms with Crippen LogP contribution in [0.15, 0.2) is 16.8 Å². The molecule has 0 spiro atoms. The van der Waals surface area contributed by atoms with E-state index in [9.17, 15) is 5.11 Å². The molecule has 142 valence electrons. The molecular weight excluding hydrogens is 378 g/mol. The van der Waals surface area contributed by atoms with Crippen molar-refractivity contribution in [3.63, 3.8) is 0 Å². The summed E-state index contributed by atoms with van der Waals surface area (Å²) in [5.74, 6) is 1.64. The highest BCUT2D eigenvalue weighted by Crippen LogP contribution is 2.40. The van der Waals surface area contributed by atoms with Gasteiger partial charge in [0, 0.05) is 48.4 Å². The highest BCUT2D eigenvalue weighted by molar-refractivity contribution is 7.19. The first-order valence-corrected chi connectivity index (χ1v) is 11.4. The smallest absolute Gasteiger partial charge is 0.163 e. The summed E-state index contributed by atoms with van der Waals surface area (Å²) in [4.78, 5) is 12.3. The average Bonchev–Trinajstić information content (AvgIpc) is 3.34. The second-order valence-corrected chi connectivity index (χ2v) is 9.35. The zero-order chi connectivity index (χ0) is 18.3. The predicted molar refractivity (Wildman–Crippen MR) is 111 cm³/mol. The van der Waals surface area contributed by atoms with Gasteiger partial charge in [-0.05, 0) is 42.7 Å². The van der Waals surface area contributed by atoms with Gasteiger partial charge in [-0.2, -0.15) is 11.3 Å². The van der Waals surface area contributed by atoms with Crippen LogP contribution in [0.25, 0.3) is 21.6 Å². The van der Waals surface area contributed by atoms with Crippen molar-refractivity contribution < 1.29 is 9.84 Å². The van der Waals surface area contributed by atoms with Gasteiger partial charge in [-0.1, -0.05) is 0 Å². The Morgan fingerprint density at radius 1 is 1.19 bits per heavy atom. The number of anilines is 1. The third-order valence-corrected chi connectivity index (χ3v) is 7.47. The summed E-state index contributed by atoms with van der Waals surface area (Å²) in [6, 6.07) is 2.06. The molecule has 5 rings (SSSR count). The molecule has 0 aromatic carbocycles. The highest BCUT2D eigenvalue weighted by atomic mass is 32.1. The molecular formula is C20H23N3O2S2. The number of hydrogen-bond donors (Lipinski definition) is 2. The van der Waals surface area contributed by atoms with Crippen LogP contribution in [0.1, 0.15) is 36.1 Å². The van der Waals surface area contributed by atoms with Gasteiger partial charge in [0.15, 0.2) is 5.82 Å². The monoisotopic (exact) mass is 401 g/mol. The van der Waals surface area contributed by atoms with Gasteiger partial charge in [-0.15, -0.1) is 11.3 Å². The van der Waals surface area contributed by atoms with Crippen LogP contribution in [0.4, 0.5) is 5.82 Å². The third kappa shape index (κ3) is 3.38. The Kier molecular flexibility index (Phi) is 4.63. The van der Waals surface area contributed by atoms with Crippen molar-refractivity contribution in [3.8, 4) is 11.4 Å². The fourth-order valence-corrected chi connectivity index (χ4v) is 5.88. The quantitative estimate of drug-likeness (QED) is 0.684. The molecule has 0 bridgehead atoms. The Hall–Kier alpha value is -1.54. The zero-order valence-electron chi connectivity index (χ0n) is 15.2. The molecule has 27 heavy (non-hydrogen) atoms. The van der Waals surface area contributed by atoms with Gasteiger partial charge in [0.25, 0.3) is 0 Å². The van der Waals surface area contributed by atoms with E-state index in [0.717, 1.165) is 34.9 Å². The molecule has 2 N–H and O–H groups in total. The van der Waals surface area contributed by atoms with E-state index >= 15 is 0 Å². The van der Waals surface area contributed by atoms with E-state index in [-0.39, 0.29) is 0 Å². The standard InChI is InChI=1S/C20H23N3O2S2/c24-20(6-8-25-9-7-20)12-21-18-16-14-3-1-2-4-15(14)27-19(16)23-17(22-18)13-5-10-26-11-13/h5,10-11,24H,1-4,6-9,12H2,(H,21,22,23). The fraction of sp³-hybridized carbons (Fsp3) is 0.500. The van der Waals surface area contributed by atoms with Gasteiger partial charge in [-0.3, -0.25) is 0 Å². The lowest BCUT2D eigenvalue weighted by Crippen LogP contribution is -2.42. The lowest BCUT2D eigenvalue weighted by Gasteiger charge is -2.32. The van der Waals surface area contributed by atoms with E-state index in [1.807, 2.05) is 11.3 Å². The summed E-state index contributed by atoms with van der Waals surface area (Å²) in [5, 5.41) is 19.7. The molecule has 5 nitrogen and oxygen atoms in total. The Morgan fingerprint density at radius 2 is 2.04 bits per heavy atom. The second kappa shape index (κ2) is 7.13. The van der Waals surface area contributed by atoms with E-state index in [4.69, 9.17) is 14.7 Å². The van der Waals surface area contributed by atoms with Crippen LogP contribution in [0.2, 0.25) is 0 Å². The Balaban J connectivity index is 1.56. The van der Waals surface area contributed by atoms with Crippen molar-refractivity contribution in [1.29, 1.82) is 0 Å². The van der Waals surface area contributed by atoms with Crippen molar-refractivity contribution in [3.05, 3.63) is 27.3 Å². The third-order valence-electron chi connectivity index (χ3n) is 5.60. The van der Waals surface area contributed by atoms with Crippen molar-refractivity contribution in [2.24, 2.45) is 0 Å². The van der Waals surface area contributed by atoms with Gasteiger partial charge in [0.1, 0.15) is 10.6 Å². The molecule has 3 aromatic heterocycles. The van der Waals surface area contributed by atoms with E-state index < -0.39 is 5.60 Å². The molecule has 0 radical (unpaired) electrons. The van der Waals surface area contributed by atoms with Gasteiger partial charge in [0.05, 0.1) is 11.0 Å². The SMILES string of the molecule is OC1(CNc2nc(-c3ccsc3)nc3sc4c(c23)CCCC4)CCOCC1. The number of hydrogen-bond acceptors (Lipinski definition) is 7. The molecule has 7 heteroatoms. The molecule has 4 heterocycles. The number of nitrogens with one attached hydrogen (secondary N) is 1. The normalized spacial score (nSPS) is 19.1. The number of ether oxygens (including phenoxy) is 1. The van der Waals surface area contributed by atoms with Crippen molar-refractivity contribution in [2.45, 2.75) is 44.1 Å². The van der Waals surface area contributed by atoms with E-state index in [1.165, 1.54) is 28.7 Å². The largest absolute Gasteiger partial charge is 0.388 e. The first kappa shape index (κ1) is 17.6. The van der Waals surface area contributed by atoms with Gasteiger partial charge >= 0.3 is 0 Å². The lowest BCUT2D eigenvalue weighted by atomic mass is 9.94. The van der Waals surface area contributed by atoms with Gasteiger partial charge in [0.2, 0.25) is 0 Å². The van der Waals surface area contributed by atoms with Crippen LogP contribution in [0.3, 0.4) is 0 Å². The summed E-state index contributed by atoms with van der Waals surface area (Å²) in [6.07, 6.45) is 6.05. The molecule has 1 aliphatic heterocycles. The van der Waals surface area contributed by atoms with E-state index in [2.05, 4.69) is 22.1 Å². The van der Waals surface area contributed by atoms with Crippen molar-refractivity contribution in [2.75, 3.05) is 25.1 Å². The maximum Gasteiger partial charge on any atom is 0.163 e. The Bertz CT molecular complexity index is 946. The predicted octanol–water partition coefficient (Wildman–Crippen LogP) is 4.25. The first-order valence-electron chi connectivity index (χ1n) is 9.61. The molecule has 3 aromatic rings. The average molecular weight is 402 g/mol. The van der Waals surface area contributed by atoms with Crippen LogP contribution in [-0.4, -0.2) is 40.4 Å². The summed E-state index contributed by atoms with van der Waals surface area (Å²) < 4.78 is 5.41. The molecule has 0 unspecified atom stereocenters. The number of thiophene rings is 2. The maximum atomic E-state index is 10.9. The molecule has 2 aliphatic rings. The van der Waals surface area contributed by atoms with E-state index in [0.29, 0.717) is 32.6 Å². The number of aryl methyl sites for hydroxylation is 2. The zero-order valence-corrected chi connectivity index (χ0v) is 16.8. The second-order valence-electron chi connectivity index (χ2n) is 7.49. The van der Waals surface area contributed by atoms with Crippen LogP contribution in [-0.2, 0) is 17.6 Å². The van der Waals surface area contributed by atoms with Crippen molar-refractivity contribution >= 4 is 38.7 Å². The topological polar surface area (TPSA) is 67.3 Å². The van der Waals surface area contributed by atoms with Gasteiger partial charge in [-0.25, -0.2) is 9.97 Å². The molecule has 1 saturated heterocycles. The first-order chi connectivity index (χ1) is 13.2. The minimum absolute atomic E-state index is 0.496.